The number of anilines is 5. The standard InChI is InChI=1S/C24H26N6/c1-17-11-13-30(14-12-17)22-9-7-20(8-10-22)27-23-15-18(2)26-24(29-23)28-21-5-3-19(16-25)4-6-21/h3-10,15,17H,11-14H2,1-2H3,(H2,26,27,28,29). The molecule has 1 aromatic heterocycles. The summed E-state index contributed by atoms with van der Waals surface area (Å²) in [5.74, 6) is 2.08. The van der Waals surface area contributed by atoms with Crippen LogP contribution in [0, 0.1) is 24.2 Å². The first-order chi connectivity index (χ1) is 14.6. The van der Waals surface area contributed by atoms with Crippen molar-refractivity contribution < 1.29 is 0 Å². The molecular formula is C24H26N6. The Morgan fingerprint density at radius 2 is 1.57 bits per heavy atom. The number of hydrogen-bond donors (Lipinski definition) is 2. The van der Waals surface area contributed by atoms with Gasteiger partial charge in [-0.05, 0) is 74.2 Å². The first-order valence-corrected chi connectivity index (χ1v) is 10.3. The van der Waals surface area contributed by atoms with E-state index in [1.807, 2.05) is 25.1 Å². The summed E-state index contributed by atoms with van der Waals surface area (Å²) in [6.45, 7) is 6.53. The molecule has 0 amide bonds. The van der Waals surface area contributed by atoms with Crippen LogP contribution in [-0.4, -0.2) is 23.1 Å². The SMILES string of the molecule is Cc1cc(Nc2ccc(N3CCC(C)CC3)cc2)nc(Nc2ccc(C#N)cc2)n1. The van der Waals surface area contributed by atoms with Crippen molar-refractivity contribution in [3.05, 3.63) is 65.9 Å². The van der Waals surface area contributed by atoms with Crippen molar-refractivity contribution in [2.75, 3.05) is 28.6 Å². The van der Waals surface area contributed by atoms with E-state index in [0.717, 1.165) is 41.9 Å². The second kappa shape index (κ2) is 8.83. The van der Waals surface area contributed by atoms with E-state index < -0.39 is 0 Å². The van der Waals surface area contributed by atoms with Gasteiger partial charge in [0.2, 0.25) is 5.95 Å². The molecule has 1 aliphatic rings. The lowest BCUT2D eigenvalue weighted by Gasteiger charge is -2.32. The third-order valence-electron chi connectivity index (χ3n) is 5.41. The molecule has 0 radical (unpaired) electrons. The van der Waals surface area contributed by atoms with Crippen molar-refractivity contribution in [1.82, 2.24) is 9.97 Å². The lowest BCUT2D eigenvalue weighted by molar-refractivity contribution is 0.438. The lowest BCUT2D eigenvalue weighted by atomic mass is 9.99. The monoisotopic (exact) mass is 398 g/mol. The van der Waals surface area contributed by atoms with Crippen molar-refractivity contribution >= 4 is 28.8 Å². The number of aryl methyl sites for hydroxylation is 1. The zero-order chi connectivity index (χ0) is 20.9. The van der Waals surface area contributed by atoms with Gasteiger partial charge in [0.25, 0.3) is 0 Å². The van der Waals surface area contributed by atoms with Gasteiger partial charge in [-0.3, -0.25) is 0 Å². The molecule has 1 aliphatic heterocycles. The first kappa shape index (κ1) is 19.7. The second-order valence-electron chi connectivity index (χ2n) is 7.87. The summed E-state index contributed by atoms with van der Waals surface area (Å²) in [7, 11) is 0. The number of nitrogens with one attached hydrogen (secondary N) is 2. The Morgan fingerprint density at radius 1 is 0.933 bits per heavy atom. The maximum absolute atomic E-state index is 8.93. The summed E-state index contributed by atoms with van der Waals surface area (Å²) in [4.78, 5) is 11.5. The largest absolute Gasteiger partial charge is 0.372 e. The van der Waals surface area contributed by atoms with Gasteiger partial charge >= 0.3 is 0 Å². The van der Waals surface area contributed by atoms with Gasteiger partial charge in [0.1, 0.15) is 5.82 Å². The maximum atomic E-state index is 8.93. The van der Waals surface area contributed by atoms with Crippen LogP contribution in [-0.2, 0) is 0 Å². The Labute approximate surface area is 177 Å². The summed E-state index contributed by atoms with van der Waals surface area (Å²) in [6.07, 6.45) is 2.52. The van der Waals surface area contributed by atoms with Crippen molar-refractivity contribution in [2.24, 2.45) is 5.92 Å². The molecule has 2 heterocycles. The number of nitriles is 1. The molecule has 152 valence electrons. The fourth-order valence-electron chi connectivity index (χ4n) is 3.62. The van der Waals surface area contributed by atoms with Gasteiger partial charge in [0.15, 0.2) is 0 Å². The molecule has 2 aromatic carbocycles. The molecule has 6 heteroatoms. The minimum atomic E-state index is 0.515. The van der Waals surface area contributed by atoms with Crippen molar-refractivity contribution in [1.29, 1.82) is 5.26 Å². The predicted octanol–water partition coefficient (Wildman–Crippen LogP) is 5.38. The Hall–Kier alpha value is -3.59. The highest BCUT2D eigenvalue weighted by atomic mass is 15.1. The fraction of sp³-hybridized carbons (Fsp3) is 0.292. The minimum absolute atomic E-state index is 0.515. The molecular weight excluding hydrogens is 372 g/mol. The van der Waals surface area contributed by atoms with E-state index in [0.29, 0.717) is 11.5 Å². The predicted molar refractivity (Wildman–Crippen MR) is 122 cm³/mol. The molecule has 0 atom stereocenters. The van der Waals surface area contributed by atoms with Crippen LogP contribution in [0.2, 0.25) is 0 Å². The van der Waals surface area contributed by atoms with E-state index in [2.05, 4.69) is 62.8 Å². The molecule has 6 nitrogen and oxygen atoms in total. The highest BCUT2D eigenvalue weighted by Crippen LogP contribution is 2.26. The molecule has 1 fully saturated rings. The summed E-state index contributed by atoms with van der Waals surface area (Å²) in [5, 5.41) is 15.5. The van der Waals surface area contributed by atoms with Crippen LogP contribution in [0.15, 0.2) is 54.6 Å². The molecule has 0 bridgehead atoms. The number of nitrogens with zero attached hydrogens (tertiary/aromatic N) is 4. The molecule has 0 spiro atoms. The highest BCUT2D eigenvalue weighted by Gasteiger charge is 2.15. The molecule has 30 heavy (non-hydrogen) atoms. The van der Waals surface area contributed by atoms with Crippen LogP contribution in [0.5, 0.6) is 0 Å². The van der Waals surface area contributed by atoms with Gasteiger partial charge in [0, 0.05) is 41.9 Å². The summed E-state index contributed by atoms with van der Waals surface area (Å²) < 4.78 is 0. The number of hydrogen-bond acceptors (Lipinski definition) is 6. The second-order valence-corrected chi connectivity index (χ2v) is 7.87. The number of aromatic nitrogens is 2. The zero-order valence-corrected chi connectivity index (χ0v) is 17.4. The van der Waals surface area contributed by atoms with Crippen LogP contribution in [0.25, 0.3) is 0 Å². The Morgan fingerprint density at radius 3 is 2.23 bits per heavy atom. The van der Waals surface area contributed by atoms with Gasteiger partial charge in [-0.15, -0.1) is 0 Å². The third-order valence-corrected chi connectivity index (χ3v) is 5.41. The van der Waals surface area contributed by atoms with Crippen LogP contribution >= 0.6 is 0 Å². The van der Waals surface area contributed by atoms with Gasteiger partial charge in [-0.25, -0.2) is 4.98 Å². The van der Waals surface area contributed by atoms with E-state index in [1.165, 1.54) is 18.5 Å². The first-order valence-electron chi connectivity index (χ1n) is 10.3. The lowest BCUT2D eigenvalue weighted by Crippen LogP contribution is -2.32. The molecule has 0 saturated carbocycles. The maximum Gasteiger partial charge on any atom is 0.229 e. The molecule has 2 N–H and O–H groups in total. The smallest absolute Gasteiger partial charge is 0.229 e. The van der Waals surface area contributed by atoms with Gasteiger partial charge in [-0.1, -0.05) is 6.92 Å². The average molecular weight is 399 g/mol. The molecule has 0 aliphatic carbocycles. The van der Waals surface area contributed by atoms with E-state index in [1.54, 1.807) is 12.1 Å². The Balaban J connectivity index is 1.44. The fourth-order valence-corrected chi connectivity index (χ4v) is 3.62. The normalized spacial score (nSPS) is 14.2. The number of rotatable bonds is 5. The van der Waals surface area contributed by atoms with Crippen molar-refractivity contribution in [3.8, 4) is 6.07 Å². The topological polar surface area (TPSA) is 76.9 Å². The average Bonchev–Trinajstić information content (AvgIpc) is 2.75. The van der Waals surface area contributed by atoms with Crippen molar-refractivity contribution in [2.45, 2.75) is 26.7 Å². The van der Waals surface area contributed by atoms with E-state index in [-0.39, 0.29) is 0 Å². The van der Waals surface area contributed by atoms with E-state index >= 15 is 0 Å². The highest BCUT2D eigenvalue weighted by molar-refractivity contribution is 5.63. The quantitative estimate of drug-likeness (QED) is 0.601. The summed E-state index contributed by atoms with van der Waals surface area (Å²) in [6, 6.07) is 19.8. The van der Waals surface area contributed by atoms with Crippen LogP contribution < -0.4 is 15.5 Å². The van der Waals surface area contributed by atoms with Crippen LogP contribution in [0.4, 0.5) is 28.8 Å². The summed E-state index contributed by atoms with van der Waals surface area (Å²) in [5.41, 5.74) is 4.59. The molecule has 4 rings (SSSR count). The Bertz CT molecular complexity index is 1030. The number of piperidine rings is 1. The Kier molecular flexibility index (Phi) is 5.80. The van der Waals surface area contributed by atoms with Gasteiger partial charge < -0.3 is 15.5 Å². The van der Waals surface area contributed by atoms with E-state index in [4.69, 9.17) is 5.26 Å². The molecule has 1 saturated heterocycles. The molecule has 0 unspecified atom stereocenters. The van der Waals surface area contributed by atoms with Crippen molar-refractivity contribution in [3.63, 3.8) is 0 Å². The zero-order valence-electron chi connectivity index (χ0n) is 17.4. The summed E-state index contributed by atoms with van der Waals surface area (Å²) >= 11 is 0. The van der Waals surface area contributed by atoms with Crippen LogP contribution in [0.3, 0.4) is 0 Å². The molecule has 3 aromatic rings. The number of benzene rings is 2. The van der Waals surface area contributed by atoms with Gasteiger partial charge in [0.05, 0.1) is 11.6 Å². The third kappa shape index (κ3) is 4.87. The van der Waals surface area contributed by atoms with Gasteiger partial charge in [-0.2, -0.15) is 10.2 Å². The van der Waals surface area contributed by atoms with Crippen LogP contribution in [0.1, 0.15) is 31.0 Å². The minimum Gasteiger partial charge on any atom is -0.372 e. The van der Waals surface area contributed by atoms with E-state index in [9.17, 15) is 0 Å².